The number of benzene rings is 24. The summed E-state index contributed by atoms with van der Waals surface area (Å²) in [6.45, 7) is 0. The van der Waals surface area contributed by atoms with Gasteiger partial charge in [0.2, 0.25) is 0 Å². The minimum absolute atomic E-state index is 1.04. The number of hydrogen-bond donors (Lipinski definition) is 0. The molecule has 0 N–H and O–H groups in total. The molecular formula is C136H90N4. The molecule has 0 radical (unpaired) electrons. The zero-order chi connectivity index (χ0) is 92.5. The van der Waals surface area contributed by atoms with Crippen molar-refractivity contribution in [2.24, 2.45) is 0 Å². The molecule has 0 aliphatic carbocycles. The Morgan fingerprint density at radius 2 is 0.479 bits per heavy atom. The van der Waals surface area contributed by atoms with Gasteiger partial charge in [-0.1, -0.05) is 419 Å². The van der Waals surface area contributed by atoms with Crippen LogP contribution in [0.1, 0.15) is 0 Å². The third-order valence-electron chi connectivity index (χ3n) is 28.4. The van der Waals surface area contributed by atoms with E-state index in [4.69, 9.17) is 0 Å². The fourth-order valence-electron chi connectivity index (χ4n) is 21.6. The van der Waals surface area contributed by atoms with Crippen molar-refractivity contribution < 1.29 is 0 Å². The molecule has 0 spiro atoms. The van der Waals surface area contributed by atoms with Crippen LogP contribution in [0.2, 0.25) is 0 Å². The first-order valence-electron chi connectivity index (χ1n) is 48.2. The van der Waals surface area contributed by atoms with Gasteiger partial charge in [-0.25, -0.2) is 0 Å². The second-order valence-corrected chi connectivity index (χ2v) is 36.6. The first-order valence-corrected chi connectivity index (χ1v) is 48.2. The molecule has 0 saturated carbocycles. The Balaban J connectivity index is 0.584. The molecule has 4 heteroatoms. The summed E-state index contributed by atoms with van der Waals surface area (Å²) >= 11 is 0. The molecular weight excluding hydrogens is 1690 g/mol. The van der Waals surface area contributed by atoms with Crippen molar-refractivity contribution >= 4 is 121 Å². The van der Waals surface area contributed by atoms with Crippen molar-refractivity contribution in [2.75, 3.05) is 9.80 Å². The van der Waals surface area contributed by atoms with Crippen molar-refractivity contribution in [1.82, 2.24) is 9.13 Å². The Kier molecular flexibility index (Phi) is 20.6. The molecule has 0 aliphatic rings. The molecule has 0 atom stereocenters. The molecule has 0 bridgehead atoms. The van der Waals surface area contributed by atoms with Crippen molar-refractivity contribution in [1.29, 1.82) is 0 Å². The average Bonchev–Trinajstić information content (AvgIpc) is 1.57. The summed E-state index contributed by atoms with van der Waals surface area (Å²) in [4.78, 5) is 4.98. The number of hydrogen-bond acceptors (Lipinski definition) is 2. The molecule has 2 aromatic heterocycles. The molecule has 4 nitrogen and oxygen atoms in total. The SMILES string of the molecule is c1ccc(-c2cccc(N(c3ccc(-c4ccc5ccc(-c6ccc7c(ccc8c9ccccc9n(-c9cc(-c%10ccccc%10)ccc9-c9ccc(N(c%10ccccc%10-c%10ccccc%10)c%10ccc(-c%11ccc%12ccccc%12c%11)cc%10-c%10ccccc%10)cc9)c78)c6)cc5c4)cc3-c3ccccc3)c3ccc(-c4ccccc4-n4c5ccccc5c5cc6ccccc6cc54)cc3-c3ccccc3)c2)cc1. The maximum absolute atomic E-state index is 2.55. The van der Waals surface area contributed by atoms with Crippen LogP contribution in [0.25, 0.3) is 220 Å². The van der Waals surface area contributed by atoms with E-state index in [9.17, 15) is 0 Å². The van der Waals surface area contributed by atoms with E-state index in [1.165, 1.54) is 70.5 Å². The van der Waals surface area contributed by atoms with Crippen molar-refractivity contribution in [3.63, 3.8) is 0 Å². The fraction of sp³-hybridized carbons (Fsp3) is 0. The van der Waals surface area contributed by atoms with E-state index in [0.717, 1.165) is 184 Å². The van der Waals surface area contributed by atoms with E-state index in [2.05, 4.69) is 565 Å². The third-order valence-corrected chi connectivity index (χ3v) is 28.4. The summed E-state index contributed by atoms with van der Waals surface area (Å²) in [7, 11) is 0. The quantitative estimate of drug-likeness (QED) is 0.0802. The summed E-state index contributed by atoms with van der Waals surface area (Å²) in [6.07, 6.45) is 0. The maximum Gasteiger partial charge on any atom is 0.0619 e. The van der Waals surface area contributed by atoms with E-state index < -0.39 is 0 Å². The van der Waals surface area contributed by atoms with Crippen LogP contribution in [0, 0.1) is 0 Å². The number of anilines is 6. The highest BCUT2D eigenvalue weighted by molar-refractivity contribution is 6.20. The van der Waals surface area contributed by atoms with Gasteiger partial charge in [-0.2, -0.15) is 0 Å². The monoisotopic (exact) mass is 1780 g/mol. The Labute approximate surface area is 813 Å². The van der Waals surface area contributed by atoms with Gasteiger partial charge >= 0.3 is 0 Å². The predicted octanol–water partition coefficient (Wildman–Crippen LogP) is 37.8. The van der Waals surface area contributed by atoms with Crippen molar-refractivity contribution in [3.8, 4) is 134 Å². The van der Waals surface area contributed by atoms with Gasteiger partial charge < -0.3 is 18.9 Å². The number of fused-ring (bicyclic) bond motifs is 11. The molecule has 0 aliphatic heterocycles. The standard InChI is InChI=1S/C136H90N4/c1-7-32-91(33-8-1)101-48-31-49-115(84-101)138(133-79-71-112(88-125(133)98-43-17-6-18-44-98)117-51-24-28-55-128(117)139-129-56-29-26-53-121(129)126-87-102-46-21-22-47-103(102)89-135(126)139)132-78-70-109(86-124(132)97-41-15-5-16-42-97)106-63-60-94-59-62-105(82-113(94)83-106)107-67-75-119-111(81-107)68-76-122-120-52-25-30-57-130(120)140(136(119)122)134-90-110(92-34-9-2-10-35-92)66-74-118(134)99-64-72-114(73-65-99)137(127-54-27-23-50-116(127)95-37-11-3-12-38-95)131-77-69-108(85-123(131)96-39-13-4-14-40-96)104-61-58-93-36-19-20-45-100(93)80-104/h1-90H. The molecule has 0 fully saturated rings. The summed E-state index contributed by atoms with van der Waals surface area (Å²) in [5.41, 5.74) is 38.1. The average molecular weight is 1780 g/mol. The predicted molar refractivity (Wildman–Crippen MR) is 594 cm³/mol. The van der Waals surface area contributed by atoms with Gasteiger partial charge in [0.15, 0.2) is 0 Å². The van der Waals surface area contributed by atoms with Gasteiger partial charge in [-0.15, -0.1) is 0 Å². The van der Waals surface area contributed by atoms with E-state index >= 15 is 0 Å². The van der Waals surface area contributed by atoms with Crippen LogP contribution in [-0.4, -0.2) is 9.13 Å². The van der Waals surface area contributed by atoms with E-state index in [0.29, 0.717) is 0 Å². The summed E-state index contributed by atoms with van der Waals surface area (Å²) < 4.78 is 5.03. The minimum atomic E-state index is 1.04. The Hall–Kier alpha value is -18.5. The summed E-state index contributed by atoms with van der Waals surface area (Å²) in [6, 6.07) is 202. The van der Waals surface area contributed by atoms with Gasteiger partial charge in [0, 0.05) is 71.7 Å². The van der Waals surface area contributed by atoms with Crippen LogP contribution in [0.5, 0.6) is 0 Å². The van der Waals surface area contributed by atoms with Crippen LogP contribution in [0.3, 0.4) is 0 Å². The van der Waals surface area contributed by atoms with Crippen LogP contribution >= 0.6 is 0 Å². The second kappa shape index (κ2) is 35.1. The molecule has 654 valence electrons. The maximum atomic E-state index is 2.55. The fourth-order valence-corrected chi connectivity index (χ4v) is 21.6. The first-order chi connectivity index (χ1) is 69.4. The first kappa shape index (κ1) is 82.2. The van der Waals surface area contributed by atoms with Gasteiger partial charge in [-0.3, -0.25) is 0 Å². The van der Waals surface area contributed by atoms with Gasteiger partial charge in [0.25, 0.3) is 0 Å². The van der Waals surface area contributed by atoms with Crippen LogP contribution in [-0.2, 0) is 0 Å². The van der Waals surface area contributed by atoms with Gasteiger partial charge in [0.1, 0.15) is 0 Å². The van der Waals surface area contributed by atoms with E-state index in [1.807, 2.05) is 0 Å². The number of para-hydroxylation sites is 4. The van der Waals surface area contributed by atoms with Crippen molar-refractivity contribution in [3.05, 3.63) is 546 Å². The number of aromatic nitrogens is 2. The molecule has 26 aromatic rings. The molecule has 0 unspecified atom stereocenters. The molecule has 0 saturated heterocycles. The number of nitrogens with zero attached hydrogens (tertiary/aromatic N) is 4. The van der Waals surface area contributed by atoms with Crippen LogP contribution in [0.15, 0.2) is 546 Å². The number of rotatable bonds is 19. The topological polar surface area (TPSA) is 16.3 Å². The smallest absolute Gasteiger partial charge is 0.0619 e. The zero-order valence-electron chi connectivity index (χ0n) is 76.8. The molecule has 0 amide bonds. The Morgan fingerprint density at radius 3 is 1.06 bits per heavy atom. The Morgan fingerprint density at radius 1 is 0.129 bits per heavy atom. The lowest BCUT2D eigenvalue weighted by Gasteiger charge is -2.31. The van der Waals surface area contributed by atoms with Gasteiger partial charge in [0.05, 0.1) is 56.2 Å². The van der Waals surface area contributed by atoms with E-state index in [-0.39, 0.29) is 0 Å². The summed E-state index contributed by atoms with van der Waals surface area (Å²) in [5.74, 6) is 0. The molecule has 24 aromatic carbocycles. The minimum Gasteiger partial charge on any atom is -0.309 e. The highest BCUT2D eigenvalue weighted by atomic mass is 15.2. The van der Waals surface area contributed by atoms with Crippen molar-refractivity contribution in [2.45, 2.75) is 0 Å². The Bertz CT molecular complexity index is 9280. The lowest BCUT2D eigenvalue weighted by Crippen LogP contribution is -2.13. The lowest BCUT2D eigenvalue weighted by atomic mass is 9.92. The highest BCUT2D eigenvalue weighted by Crippen LogP contribution is 2.53. The van der Waals surface area contributed by atoms with Crippen LogP contribution < -0.4 is 9.80 Å². The van der Waals surface area contributed by atoms with E-state index in [1.54, 1.807) is 0 Å². The molecule has 140 heavy (non-hydrogen) atoms. The zero-order valence-corrected chi connectivity index (χ0v) is 76.8. The summed E-state index contributed by atoms with van der Waals surface area (Å²) in [5, 5.41) is 14.4. The molecule has 26 rings (SSSR count). The van der Waals surface area contributed by atoms with Crippen LogP contribution in [0.4, 0.5) is 34.1 Å². The largest absolute Gasteiger partial charge is 0.309 e. The normalized spacial score (nSPS) is 11.6. The lowest BCUT2D eigenvalue weighted by molar-refractivity contribution is 1.18. The van der Waals surface area contributed by atoms with Gasteiger partial charge in [-0.05, 0) is 254 Å². The molecule has 2 heterocycles. The second-order valence-electron chi connectivity index (χ2n) is 36.6. The third kappa shape index (κ3) is 14.8. The highest BCUT2D eigenvalue weighted by Gasteiger charge is 2.29.